The number of rotatable bonds is 8. The van der Waals surface area contributed by atoms with Crippen molar-refractivity contribution in [2.24, 2.45) is 5.92 Å². The third-order valence-corrected chi connectivity index (χ3v) is 6.11. The Morgan fingerprint density at radius 3 is 2.75 bits per heavy atom. The zero-order chi connectivity index (χ0) is 22.7. The molecule has 0 radical (unpaired) electrons. The number of hydrogen-bond acceptors (Lipinski definition) is 6. The van der Waals surface area contributed by atoms with E-state index >= 15 is 0 Å². The second-order valence-electron chi connectivity index (χ2n) is 8.59. The van der Waals surface area contributed by atoms with E-state index in [1.165, 1.54) is 13.0 Å². The minimum Gasteiger partial charge on any atom is -0.493 e. The maximum atomic E-state index is 14.3. The number of Topliss-reactive ketones (excluding diaryl/α,β-unsaturated/α-hetero) is 1. The average Bonchev–Trinajstić information content (AvgIpc) is 3.23. The molecule has 7 heteroatoms. The highest BCUT2D eigenvalue weighted by atomic mass is 19.1. The summed E-state index contributed by atoms with van der Waals surface area (Å²) in [6.45, 7) is 7.00. The number of fused-ring (bicyclic) bond motifs is 1. The van der Waals surface area contributed by atoms with Crippen molar-refractivity contribution < 1.29 is 23.2 Å². The molecule has 0 N–H and O–H groups in total. The number of carbonyl (C=O) groups is 1. The Bertz CT molecular complexity index is 1090. The lowest BCUT2D eigenvalue weighted by molar-refractivity contribution is 0.101. The summed E-state index contributed by atoms with van der Waals surface area (Å²) in [6, 6.07) is 10.1. The molecule has 0 bridgehead atoms. The van der Waals surface area contributed by atoms with E-state index in [0.29, 0.717) is 40.6 Å². The summed E-state index contributed by atoms with van der Waals surface area (Å²) in [5, 5.41) is 4.70. The Hall–Kier alpha value is -2.93. The lowest BCUT2D eigenvalue weighted by atomic mass is 9.91. The fourth-order valence-electron chi connectivity index (χ4n) is 4.37. The Labute approximate surface area is 187 Å². The molecular weight excluding hydrogens is 411 g/mol. The number of hydrogen-bond donors (Lipinski definition) is 0. The molecule has 1 fully saturated rings. The van der Waals surface area contributed by atoms with Gasteiger partial charge in [0.1, 0.15) is 5.82 Å². The predicted molar refractivity (Wildman–Crippen MR) is 120 cm³/mol. The van der Waals surface area contributed by atoms with Gasteiger partial charge < -0.3 is 18.9 Å². The minimum absolute atomic E-state index is 0.00650. The molecule has 0 amide bonds. The van der Waals surface area contributed by atoms with Crippen LogP contribution in [0.1, 0.15) is 48.7 Å². The predicted octanol–water partition coefficient (Wildman–Crippen LogP) is 5.07. The highest BCUT2D eigenvalue weighted by Gasteiger charge is 2.27. The van der Waals surface area contributed by atoms with Crippen LogP contribution in [0.3, 0.4) is 0 Å². The summed E-state index contributed by atoms with van der Waals surface area (Å²) < 4.78 is 31.0. The molecule has 170 valence electrons. The quantitative estimate of drug-likeness (QED) is 0.456. The Balaban J connectivity index is 1.29. The molecule has 1 unspecified atom stereocenters. The van der Waals surface area contributed by atoms with Crippen molar-refractivity contribution in [2.45, 2.75) is 32.6 Å². The molecule has 32 heavy (non-hydrogen) atoms. The zero-order valence-corrected chi connectivity index (χ0v) is 18.8. The smallest absolute Gasteiger partial charge is 0.170 e. The van der Waals surface area contributed by atoms with Crippen LogP contribution in [0.2, 0.25) is 0 Å². The van der Waals surface area contributed by atoms with Crippen LogP contribution >= 0.6 is 0 Å². The Morgan fingerprint density at radius 2 is 2.03 bits per heavy atom. The van der Waals surface area contributed by atoms with Gasteiger partial charge in [-0.1, -0.05) is 18.1 Å². The number of halogens is 1. The molecule has 1 atom stereocenters. The number of likely N-dealkylation sites (tertiary alicyclic amines) is 1. The molecule has 0 aliphatic carbocycles. The summed E-state index contributed by atoms with van der Waals surface area (Å²) >= 11 is 0. The maximum Gasteiger partial charge on any atom is 0.170 e. The van der Waals surface area contributed by atoms with E-state index < -0.39 is 0 Å². The van der Waals surface area contributed by atoms with Crippen molar-refractivity contribution in [1.82, 2.24) is 10.1 Å². The van der Waals surface area contributed by atoms with Crippen molar-refractivity contribution in [3.8, 4) is 11.5 Å². The van der Waals surface area contributed by atoms with Crippen molar-refractivity contribution >= 4 is 16.8 Å². The standard InChI is InChI=1S/C25H29FN2O4/c1-16(15-31-21-8-7-19(17(2)29)13-23(21)30-3)14-28-11-9-18(10-12-28)25-24-20(26)5-4-6-22(24)32-27-25/h4-8,13,16,18H,9-12,14-15H2,1-3H3. The van der Waals surface area contributed by atoms with Crippen molar-refractivity contribution in [3.63, 3.8) is 0 Å². The molecule has 1 aliphatic heterocycles. The summed E-state index contributed by atoms with van der Waals surface area (Å²) in [4.78, 5) is 14.0. The van der Waals surface area contributed by atoms with Gasteiger partial charge in [-0.25, -0.2) is 4.39 Å². The monoisotopic (exact) mass is 440 g/mol. The first kappa shape index (κ1) is 22.3. The highest BCUT2D eigenvalue weighted by Crippen LogP contribution is 2.34. The molecule has 1 aromatic heterocycles. The van der Waals surface area contributed by atoms with Gasteiger partial charge in [0.15, 0.2) is 22.9 Å². The molecular formula is C25H29FN2O4. The van der Waals surface area contributed by atoms with E-state index in [1.54, 1.807) is 37.4 Å². The second-order valence-corrected chi connectivity index (χ2v) is 8.59. The van der Waals surface area contributed by atoms with Gasteiger partial charge in [0.25, 0.3) is 0 Å². The number of methoxy groups -OCH3 is 1. The number of piperidine rings is 1. The number of carbonyl (C=O) groups excluding carboxylic acids is 1. The minimum atomic E-state index is -0.265. The molecule has 1 aliphatic rings. The number of ether oxygens (including phenoxy) is 2. The van der Waals surface area contributed by atoms with Crippen LogP contribution in [-0.4, -0.2) is 49.2 Å². The van der Waals surface area contributed by atoms with E-state index in [9.17, 15) is 9.18 Å². The Morgan fingerprint density at radius 1 is 1.25 bits per heavy atom. The number of nitrogens with zero attached hydrogens (tertiary/aromatic N) is 2. The van der Waals surface area contributed by atoms with Crippen LogP contribution in [0.4, 0.5) is 4.39 Å². The van der Waals surface area contributed by atoms with Crippen LogP contribution in [0, 0.1) is 11.7 Å². The molecule has 4 rings (SSSR count). The summed E-state index contributed by atoms with van der Waals surface area (Å²) in [5.74, 6) is 1.46. The molecule has 6 nitrogen and oxygen atoms in total. The van der Waals surface area contributed by atoms with Gasteiger partial charge >= 0.3 is 0 Å². The van der Waals surface area contributed by atoms with Crippen LogP contribution in [0.15, 0.2) is 40.9 Å². The van der Waals surface area contributed by atoms with Crippen molar-refractivity contribution in [3.05, 3.63) is 53.5 Å². The first-order chi connectivity index (χ1) is 15.5. The van der Waals surface area contributed by atoms with E-state index in [2.05, 4.69) is 17.0 Å². The molecule has 1 saturated heterocycles. The van der Waals surface area contributed by atoms with Crippen LogP contribution in [-0.2, 0) is 0 Å². The number of benzene rings is 2. The number of aromatic nitrogens is 1. The molecule has 2 aromatic carbocycles. The van der Waals surface area contributed by atoms with Gasteiger partial charge in [-0.3, -0.25) is 4.79 Å². The fourth-order valence-corrected chi connectivity index (χ4v) is 4.37. The summed E-state index contributed by atoms with van der Waals surface area (Å²) in [7, 11) is 1.57. The first-order valence-electron chi connectivity index (χ1n) is 11.0. The van der Waals surface area contributed by atoms with Crippen molar-refractivity contribution in [2.75, 3.05) is 33.4 Å². The zero-order valence-electron chi connectivity index (χ0n) is 18.8. The molecule has 2 heterocycles. The lowest BCUT2D eigenvalue weighted by Crippen LogP contribution is -2.37. The van der Waals surface area contributed by atoms with E-state index in [-0.39, 0.29) is 17.5 Å². The SMILES string of the molecule is COc1cc(C(C)=O)ccc1OCC(C)CN1CCC(c2noc3cccc(F)c23)CC1. The molecule has 0 spiro atoms. The van der Waals surface area contributed by atoms with E-state index in [4.69, 9.17) is 14.0 Å². The van der Waals surface area contributed by atoms with Gasteiger partial charge in [-0.05, 0) is 63.2 Å². The molecule has 3 aromatic rings. The summed E-state index contributed by atoms with van der Waals surface area (Å²) in [5.41, 5.74) is 1.86. The van der Waals surface area contributed by atoms with Crippen molar-refractivity contribution in [1.29, 1.82) is 0 Å². The largest absolute Gasteiger partial charge is 0.493 e. The van der Waals surface area contributed by atoms with E-state index in [1.807, 2.05) is 0 Å². The van der Waals surface area contributed by atoms with Crippen LogP contribution in [0.25, 0.3) is 11.0 Å². The highest BCUT2D eigenvalue weighted by molar-refractivity contribution is 5.94. The molecule has 0 saturated carbocycles. The van der Waals surface area contributed by atoms with Crippen LogP contribution < -0.4 is 9.47 Å². The fraction of sp³-hybridized carbons (Fsp3) is 0.440. The van der Waals surface area contributed by atoms with Gasteiger partial charge in [-0.15, -0.1) is 0 Å². The third kappa shape index (κ3) is 4.78. The van der Waals surface area contributed by atoms with Gasteiger partial charge in [0, 0.05) is 23.9 Å². The summed E-state index contributed by atoms with van der Waals surface area (Å²) in [6.07, 6.45) is 1.84. The topological polar surface area (TPSA) is 64.8 Å². The van der Waals surface area contributed by atoms with Crippen LogP contribution in [0.5, 0.6) is 11.5 Å². The normalized spacial score (nSPS) is 16.2. The first-order valence-corrected chi connectivity index (χ1v) is 11.0. The maximum absolute atomic E-state index is 14.3. The van der Waals surface area contributed by atoms with E-state index in [0.717, 1.165) is 38.2 Å². The Kier molecular flexibility index (Phi) is 6.74. The van der Waals surface area contributed by atoms with Gasteiger partial charge in [-0.2, -0.15) is 0 Å². The number of ketones is 1. The van der Waals surface area contributed by atoms with Gasteiger partial charge in [0.05, 0.1) is 24.8 Å². The lowest BCUT2D eigenvalue weighted by Gasteiger charge is -2.32. The second kappa shape index (κ2) is 9.69. The third-order valence-electron chi connectivity index (χ3n) is 6.11. The van der Waals surface area contributed by atoms with Gasteiger partial charge in [0.2, 0.25) is 0 Å². The average molecular weight is 441 g/mol.